The second-order valence-corrected chi connectivity index (χ2v) is 11.7. The molecule has 0 amide bonds. The molecule has 0 bridgehead atoms. The van der Waals surface area contributed by atoms with Crippen molar-refractivity contribution in [3.63, 3.8) is 0 Å². The summed E-state index contributed by atoms with van der Waals surface area (Å²) in [7, 11) is 0. The molecule has 0 saturated carbocycles. The second kappa shape index (κ2) is 11.7. The summed E-state index contributed by atoms with van der Waals surface area (Å²) >= 11 is 12.1. The van der Waals surface area contributed by atoms with Crippen LogP contribution < -0.4 is 11.5 Å². The Morgan fingerprint density at radius 3 is 1.32 bits per heavy atom. The first-order valence-electron chi connectivity index (χ1n) is 12.7. The smallest absolute Gasteiger partial charge is 0.428 e. The number of pyridine rings is 2. The van der Waals surface area contributed by atoms with Crippen molar-refractivity contribution < 1.29 is 14.3 Å². The second-order valence-electron chi connectivity index (χ2n) is 10.9. The molecule has 4 N–H and O–H groups in total. The van der Waals surface area contributed by atoms with E-state index >= 15 is 0 Å². The number of ether oxygens (including phenoxy) is 2. The van der Waals surface area contributed by atoms with Crippen molar-refractivity contribution in [2.75, 3.05) is 11.5 Å². The van der Waals surface area contributed by atoms with Gasteiger partial charge in [-0.05, 0) is 85.3 Å². The SMILES string of the molecule is CC(C)(Cc1ccc(-c2cc(N)nc(Cl)c2)cc1)OC(=O)OC(C)(C)Cc1ccc(-c2cc(N)nc(Cl)c2)cc1. The van der Waals surface area contributed by atoms with Gasteiger partial charge in [0, 0.05) is 12.8 Å². The lowest BCUT2D eigenvalue weighted by Gasteiger charge is -2.29. The molecule has 2 heterocycles. The van der Waals surface area contributed by atoms with E-state index in [9.17, 15) is 4.79 Å². The summed E-state index contributed by atoms with van der Waals surface area (Å²) in [6.45, 7) is 7.43. The number of carbonyl (C=O) groups excluding carboxylic acids is 1. The summed E-state index contributed by atoms with van der Waals surface area (Å²) in [5, 5.41) is 0.681. The van der Waals surface area contributed by atoms with E-state index in [1.807, 2.05) is 76.2 Å². The maximum atomic E-state index is 12.8. The summed E-state index contributed by atoms with van der Waals surface area (Å²) in [5.74, 6) is 0.723. The van der Waals surface area contributed by atoms with Crippen LogP contribution in [0.1, 0.15) is 38.8 Å². The lowest BCUT2D eigenvalue weighted by atomic mass is 9.96. The minimum atomic E-state index is -0.783. The van der Waals surface area contributed by atoms with Crippen molar-refractivity contribution in [3.05, 3.63) is 94.2 Å². The first kappa shape index (κ1) is 29.2. The number of hydrogen-bond donors (Lipinski definition) is 2. The normalized spacial score (nSPS) is 11.8. The molecule has 2 aromatic heterocycles. The predicted octanol–water partition coefficient (Wildman–Crippen LogP) is 7.78. The van der Waals surface area contributed by atoms with E-state index < -0.39 is 17.4 Å². The molecule has 40 heavy (non-hydrogen) atoms. The molecule has 4 aromatic rings. The van der Waals surface area contributed by atoms with Crippen LogP contribution in [-0.2, 0) is 22.3 Å². The molecule has 0 radical (unpaired) electrons. The summed E-state index contributed by atoms with van der Waals surface area (Å²) in [6, 6.07) is 22.9. The Morgan fingerprint density at radius 2 is 1.00 bits per heavy atom. The number of halogens is 2. The van der Waals surface area contributed by atoms with Crippen molar-refractivity contribution in [2.24, 2.45) is 0 Å². The zero-order valence-corrected chi connectivity index (χ0v) is 24.4. The summed E-state index contributed by atoms with van der Waals surface area (Å²) in [4.78, 5) is 20.7. The van der Waals surface area contributed by atoms with Gasteiger partial charge in [-0.15, -0.1) is 0 Å². The molecule has 7 nitrogen and oxygen atoms in total. The van der Waals surface area contributed by atoms with Crippen LogP contribution in [0.3, 0.4) is 0 Å². The third-order valence-electron chi connectivity index (χ3n) is 6.18. The van der Waals surface area contributed by atoms with E-state index in [1.54, 1.807) is 24.3 Å². The van der Waals surface area contributed by atoms with Crippen LogP contribution in [0.15, 0.2) is 72.8 Å². The highest BCUT2D eigenvalue weighted by Gasteiger charge is 2.30. The van der Waals surface area contributed by atoms with Crippen molar-refractivity contribution in [2.45, 2.75) is 51.7 Å². The molecular weight excluding hydrogens is 547 g/mol. The van der Waals surface area contributed by atoms with Gasteiger partial charge in [-0.3, -0.25) is 0 Å². The lowest BCUT2D eigenvalue weighted by Crippen LogP contribution is -2.36. The van der Waals surface area contributed by atoms with Crippen LogP contribution in [0.25, 0.3) is 22.3 Å². The predicted molar refractivity (Wildman–Crippen MR) is 161 cm³/mol. The number of nitrogen functional groups attached to an aromatic ring is 2. The van der Waals surface area contributed by atoms with Crippen LogP contribution in [0, 0.1) is 0 Å². The van der Waals surface area contributed by atoms with Gasteiger partial charge in [-0.1, -0.05) is 71.7 Å². The van der Waals surface area contributed by atoms with E-state index in [0.29, 0.717) is 34.8 Å². The molecule has 0 spiro atoms. The quantitative estimate of drug-likeness (QED) is 0.162. The maximum Gasteiger partial charge on any atom is 0.509 e. The van der Waals surface area contributed by atoms with E-state index in [-0.39, 0.29) is 0 Å². The molecule has 0 aliphatic rings. The average Bonchev–Trinajstić information content (AvgIpc) is 2.82. The van der Waals surface area contributed by atoms with E-state index in [2.05, 4.69) is 9.97 Å². The molecule has 0 aliphatic carbocycles. The molecule has 208 valence electrons. The third kappa shape index (κ3) is 8.10. The Balaban J connectivity index is 1.33. The molecule has 0 unspecified atom stereocenters. The Hall–Kier alpha value is -3.81. The van der Waals surface area contributed by atoms with Gasteiger partial charge in [-0.2, -0.15) is 0 Å². The molecule has 0 saturated heterocycles. The van der Waals surface area contributed by atoms with E-state index in [0.717, 1.165) is 33.4 Å². The number of aromatic nitrogens is 2. The molecule has 0 aliphatic heterocycles. The fourth-order valence-corrected chi connectivity index (χ4v) is 4.96. The number of rotatable bonds is 8. The Morgan fingerprint density at radius 1 is 0.650 bits per heavy atom. The van der Waals surface area contributed by atoms with Crippen LogP contribution >= 0.6 is 23.2 Å². The highest BCUT2D eigenvalue weighted by molar-refractivity contribution is 6.30. The summed E-state index contributed by atoms with van der Waals surface area (Å²) < 4.78 is 11.5. The Bertz CT molecular complexity index is 1350. The first-order valence-corrected chi connectivity index (χ1v) is 13.5. The maximum absolute atomic E-state index is 12.8. The highest BCUT2D eigenvalue weighted by atomic mass is 35.5. The van der Waals surface area contributed by atoms with Crippen molar-refractivity contribution in [1.82, 2.24) is 9.97 Å². The van der Waals surface area contributed by atoms with Gasteiger partial charge in [0.2, 0.25) is 0 Å². The zero-order valence-electron chi connectivity index (χ0n) is 22.9. The van der Waals surface area contributed by atoms with Gasteiger partial charge in [-0.25, -0.2) is 14.8 Å². The Kier molecular flexibility index (Phi) is 8.57. The largest absolute Gasteiger partial charge is 0.509 e. The van der Waals surface area contributed by atoms with Gasteiger partial charge in [0.05, 0.1) is 0 Å². The fourth-order valence-electron chi connectivity index (χ4n) is 4.53. The monoisotopic (exact) mass is 578 g/mol. The number of nitrogens with two attached hydrogens (primary N) is 2. The average molecular weight is 580 g/mol. The number of benzene rings is 2. The standard InChI is InChI=1S/C31H32Cl2N4O3/c1-30(2,17-19-5-9-21(10-6-19)23-13-25(32)36-27(34)15-23)39-29(38)40-31(3,4)18-20-7-11-22(12-8-20)24-14-26(33)37-28(35)16-24/h5-16H,17-18H2,1-4H3,(H2,34,36)(H2,35,37). The van der Waals surface area contributed by atoms with E-state index in [1.165, 1.54) is 0 Å². The van der Waals surface area contributed by atoms with Gasteiger partial charge >= 0.3 is 6.16 Å². The fraction of sp³-hybridized carbons (Fsp3) is 0.258. The highest BCUT2D eigenvalue weighted by Crippen LogP contribution is 2.28. The van der Waals surface area contributed by atoms with Crippen LogP contribution in [0.4, 0.5) is 16.4 Å². The van der Waals surface area contributed by atoms with Gasteiger partial charge in [0.15, 0.2) is 0 Å². The minimum absolute atomic E-state index is 0.341. The van der Waals surface area contributed by atoms with Crippen molar-refractivity contribution in [1.29, 1.82) is 0 Å². The van der Waals surface area contributed by atoms with Gasteiger partial charge < -0.3 is 20.9 Å². The molecular formula is C31H32Cl2N4O3. The van der Waals surface area contributed by atoms with Crippen LogP contribution in [-0.4, -0.2) is 27.3 Å². The molecule has 2 aromatic carbocycles. The van der Waals surface area contributed by atoms with Gasteiger partial charge in [0.1, 0.15) is 33.1 Å². The lowest BCUT2D eigenvalue weighted by molar-refractivity contribution is -0.0582. The number of nitrogens with zero attached hydrogens (tertiary/aromatic N) is 2. The summed E-state index contributed by atoms with van der Waals surface area (Å²) in [6.07, 6.45) is 0.298. The van der Waals surface area contributed by atoms with Crippen molar-refractivity contribution >= 4 is 41.0 Å². The molecule has 4 rings (SSSR count). The third-order valence-corrected chi connectivity index (χ3v) is 6.57. The van der Waals surface area contributed by atoms with Crippen molar-refractivity contribution in [3.8, 4) is 22.3 Å². The number of anilines is 2. The molecule has 9 heteroatoms. The molecule has 0 fully saturated rings. The number of carbonyl (C=O) groups is 1. The summed E-state index contributed by atoms with van der Waals surface area (Å²) in [5.41, 5.74) is 15.8. The number of hydrogen-bond acceptors (Lipinski definition) is 7. The minimum Gasteiger partial charge on any atom is -0.428 e. The topological polar surface area (TPSA) is 113 Å². The molecule has 0 atom stereocenters. The van der Waals surface area contributed by atoms with Crippen LogP contribution in [0.2, 0.25) is 10.3 Å². The van der Waals surface area contributed by atoms with Gasteiger partial charge in [0.25, 0.3) is 0 Å². The zero-order chi connectivity index (χ0) is 29.1. The van der Waals surface area contributed by atoms with E-state index in [4.69, 9.17) is 44.1 Å². The van der Waals surface area contributed by atoms with Crippen LogP contribution in [0.5, 0.6) is 0 Å². The first-order chi connectivity index (χ1) is 18.8. The Labute approximate surface area is 244 Å².